The number of nitrogens with zero attached hydrogens (tertiary/aromatic N) is 9. The number of benzene rings is 1. The van der Waals surface area contributed by atoms with E-state index >= 15 is 0 Å². The number of amides is 2. The first kappa shape index (κ1) is 40.8. The average Bonchev–Trinajstić information content (AvgIpc) is 4.05. The van der Waals surface area contributed by atoms with Crippen LogP contribution in [0.2, 0.25) is 0 Å². The van der Waals surface area contributed by atoms with Crippen LogP contribution in [0.15, 0.2) is 64.8 Å². The Balaban J connectivity index is 0.849. The maximum atomic E-state index is 14.2. The number of hydrogen-bond donors (Lipinski definition) is 4. The fourth-order valence-electron chi connectivity index (χ4n) is 8.17. The summed E-state index contributed by atoms with van der Waals surface area (Å²) in [5, 5.41) is 41.4. The lowest BCUT2D eigenvalue weighted by molar-refractivity contribution is -0.141. The zero-order chi connectivity index (χ0) is 42.1. The number of anilines is 1. The number of aromatic hydroxyl groups is 1. The van der Waals surface area contributed by atoms with Gasteiger partial charge in [0.15, 0.2) is 17.1 Å². The van der Waals surface area contributed by atoms with Crippen molar-refractivity contribution >= 4 is 40.0 Å². The number of carbonyl (C=O) groups is 2. The molecule has 5 aromatic heterocycles. The molecule has 5 N–H and O–H groups in total. The number of pyridine rings is 1. The van der Waals surface area contributed by atoms with Gasteiger partial charge >= 0.3 is 0 Å². The number of hydrogen-bond acceptors (Lipinski definition) is 15. The Morgan fingerprint density at radius 3 is 2.58 bits per heavy atom. The van der Waals surface area contributed by atoms with Gasteiger partial charge in [0.1, 0.15) is 24.3 Å². The van der Waals surface area contributed by atoms with Gasteiger partial charge in [0.05, 0.1) is 51.2 Å². The van der Waals surface area contributed by atoms with Crippen LogP contribution in [0.4, 0.5) is 5.82 Å². The molecular weight excluding hydrogens is 787 g/mol. The van der Waals surface area contributed by atoms with Crippen LogP contribution in [0.25, 0.3) is 32.9 Å². The number of aliphatic hydroxyl groups is 1. The van der Waals surface area contributed by atoms with Crippen molar-refractivity contribution in [1.82, 2.24) is 50.2 Å². The highest BCUT2D eigenvalue weighted by Gasteiger charge is 2.43. The summed E-state index contributed by atoms with van der Waals surface area (Å²) in [6, 6.07) is 13.2. The molecule has 0 spiro atoms. The van der Waals surface area contributed by atoms with E-state index in [1.54, 1.807) is 36.0 Å². The summed E-state index contributed by atoms with van der Waals surface area (Å²) in [6.07, 6.45) is 2.68. The minimum Gasteiger partial charge on any atom is -0.507 e. The topological polar surface area (TPSA) is 224 Å². The van der Waals surface area contributed by atoms with Crippen molar-refractivity contribution in [3.05, 3.63) is 77.3 Å². The number of para-hydroxylation sites is 1. The number of thiazole rings is 1. The van der Waals surface area contributed by atoms with E-state index in [0.717, 1.165) is 53.3 Å². The maximum Gasteiger partial charge on any atom is 0.254 e. The van der Waals surface area contributed by atoms with Crippen molar-refractivity contribution in [3.8, 4) is 33.5 Å². The lowest BCUT2D eigenvalue weighted by atomic mass is 9.91. The van der Waals surface area contributed by atoms with E-state index < -0.39 is 18.1 Å². The molecule has 0 radical (unpaired) electrons. The summed E-state index contributed by atoms with van der Waals surface area (Å²) in [4.78, 5) is 41.5. The maximum absolute atomic E-state index is 14.2. The third kappa shape index (κ3) is 8.39. The Bertz CT molecular complexity index is 2460. The summed E-state index contributed by atoms with van der Waals surface area (Å²) in [7, 11) is 0. The highest BCUT2D eigenvalue weighted by atomic mass is 32.1. The molecule has 7 heterocycles. The van der Waals surface area contributed by atoms with Crippen LogP contribution in [-0.4, -0.2) is 112 Å². The number of β-amino-alcohol motifs (C(OH)–C–C–N with tert-alkyl or cyclic N) is 1. The Morgan fingerprint density at radius 1 is 1.07 bits per heavy atom. The molecule has 1 unspecified atom stereocenters. The number of nitrogens with two attached hydrogens (primary N) is 1. The predicted octanol–water partition coefficient (Wildman–Crippen LogP) is 4.89. The van der Waals surface area contributed by atoms with Crippen LogP contribution >= 0.6 is 11.3 Å². The number of fused-ring (bicyclic) bond motifs is 1. The van der Waals surface area contributed by atoms with Crippen molar-refractivity contribution in [2.45, 2.75) is 77.1 Å². The van der Waals surface area contributed by atoms with Crippen LogP contribution < -0.4 is 15.8 Å². The first-order chi connectivity index (χ1) is 28.9. The van der Waals surface area contributed by atoms with Crippen LogP contribution in [0.5, 0.6) is 11.6 Å². The third-order valence-corrected chi connectivity index (χ3v) is 12.4. The fraction of sp³-hybridized carbons (Fsp3) is 0.429. The second-order valence-electron chi connectivity index (χ2n) is 15.9. The minimum absolute atomic E-state index is 0.0323. The lowest BCUT2D eigenvalue weighted by Gasteiger charge is -2.32. The molecule has 1 aromatic carbocycles. The second-order valence-corrected chi connectivity index (χ2v) is 16.7. The Morgan fingerprint density at radius 2 is 1.87 bits per heavy atom. The number of likely N-dealkylation sites (tertiary alicyclic amines) is 2. The van der Waals surface area contributed by atoms with E-state index in [4.69, 9.17) is 15.0 Å². The van der Waals surface area contributed by atoms with E-state index in [0.29, 0.717) is 41.5 Å². The highest BCUT2D eigenvalue weighted by Crippen LogP contribution is 2.35. The van der Waals surface area contributed by atoms with Crippen molar-refractivity contribution in [2.24, 2.45) is 5.92 Å². The zero-order valence-electron chi connectivity index (χ0n) is 33.9. The van der Waals surface area contributed by atoms with Gasteiger partial charge in [-0.1, -0.05) is 32.0 Å². The summed E-state index contributed by atoms with van der Waals surface area (Å²) in [5.74, 6) is -0.561. The normalized spacial score (nSPS) is 18.6. The molecular formula is C42H49N11O6S. The van der Waals surface area contributed by atoms with E-state index in [9.17, 15) is 19.8 Å². The summed E-state index contributed by atoms with van der Waals surface area (Å²) in [6.45, 7) is 10.3. The van der Waals surface area contributed by atoms with Crippen molar-refractivity contribution in [3.63, 3.8) is 0 Å². The minimum atomic E-state index is -0.856. The van der Waals surface area contributed by atoms with Gasteiger partial charge < -0.3 is 35.4 Å². The number of nitrogens with one attached hydrogen (secondary N) is 1. The van der Waals surface area contributed by atoms with E-state index in [1.807, 2.05) is 56.6 Å². The molecule has 2 amide bonds. The van der Waals surface area contributed by atoms with E-state index in [-0.39, 0.29) is 54.4 Å². The highest BCUT2D eigenvalue weighted by molar-refractivity contribution is 7.13. The van der Waals surface area contributed by atoms with Crippen LogP contribution in [-0.2, 0) is 9.59 Å². The van der Waals surface area contributed by atoms with Gasteiger partial charge in [0.2, 0.25) is 11.8 Å². The Kier molecular flexibility index (Phi) is 11.8. The first-order valence-electron chi connectivity index (χ1n) is 20.2. The number of aryl methyl sites for hydroxylation is 1. The molecule has 6 aromatic rings. The quantitative estimate of drug-likeness (QED) is 0.122. The Labute approximate surface area is 350 Å². The number of phenols is 1. The Hall–Kier alpha value is -5.98. The number of phenolic OH excluding ortho intramolecular Hbond substituents is 1. The molecule has 314 valence electrons. The predicted molar refractivity (Wildman–Crippen MR) is 224 cm³/mol. The number of carbonyl (C=O) groups excluding carboxylic acids is 2. The second kappa shape index (κ2) is 17.3. The van der Waals surface area contributed by atoms with Crippen molar-refractivity contribution in [2.75, 3.05) is 38.5 Å². The number of rotatable bonds is 13. The smallest absolute Gasteiger partial charge is 0.254 e. The largest absolute Gasteiger partial charge is 0.507 e. The van der Waals surface area contributed by atoms with Gasteiger partial charge in [-0.15, -0.1) is 21.5 Å². The SMILES string of the molecule is Cc1ncsc1-c1ccc([C@H](C)NC(=O)[C@@H]2C[C@@H](O)CN2C(=O)C(c2cc(OCCN3CCC(n4nc(N)c5nnc(-c6ccccc6O)cc54)CC3)no2)C(C)C)cn1. The molecule has 60 heavy (non-hydrogen) atoms. The molecule has 0 bridgehead atoms. The van der Waals surface area contributed by atoms with Gasteiger partial charge in [-0.05, 0) is 67.6 Å². The van der Waals surface area contributed by atoms with Crippen molar-refractivity contribution < 1.29 is 29.1 Å². The summed E-state index contributed by atoms with van der Waals surface area (Å²) < 4.78 is 13.6. The number of ether oxygens (including phenoxy) is 1. The molecule has 0 aliphatic carbocycles. The molecule has 17 nitrogen and oxygen atoms in total. The summed E-state index contributed by atoms with van der Waals surface area (Å²) in [5.41, 5.74) is 13.0. The number of aliphatic hydroxyl groups excluding tert-OH is 1. The van der Waals surface area contributed by atoms with Gasteiger partial charge in [-0.3, -0.25) is 24.2 Å². The number of nitrogen functional groups attached to an aromatic ring is 1. The van der Waals surface area contributed by atoms with Crippen LogP contribution in [0, 0.1) is 12.8 Å². The van der Waals surface area contributed by atoms with Gasteiger partial charge in [0, 0.05) is 50.4 Å². The van der Waals surface area contributed by atoms with Crippen LogP contribution in [0.1, 0.15) is 75.1 Å². The fourth-order valence-corrected chi connectivity index (χ4v) is 8.95. The molecule has 4 atom stereocenters. The van der Waals surface area contributed by atoms with E-state index in [2.05, 4.69) is 40.6 Å². The lowest BCUT2D eigenvalue weighted by Crippen LogP contribution is -2.48. The van der Waals surface area contributed by atoms with Crippen molar-refractivity contribution in [1.29, 1.82) is 0 Å². The monoisotopic (exact) mass is 835 g/mol. The zero-order valence-corrected chi connectivity index (χ0v) is 34.7. The first-order valence-corrected chi connectivity index (χ1v) is 21.1. The van der Waals surface area contributed by atoms with Gasteiger partial charge in [0.25, 0.3) is 5.88 Å². The van der Waals surface area contributed by atoms with Crippen LogP contribution in [0.3, 0.4) is 0 Å². The standard InChI is InChI=1S/C42H49N11O6S/c1-23(2)37(42(57)52-21-28(54)17-33(52)41(56)46-24(3)26-9-10-30(44-20-26)39-25(4)45-22-60-39)35-19-36(50-59-35)58-16-15-51-13-11-27(12-14-51)53-32-18-31(29-7-5-6-8-34(29)55)47-48-38(32)40(43)49-53/h5-10,18-20,22-24,27-28,33,37,54-55H,11-17,21H2,1-4H3,(H2,43,49)(H,46,56)/t24-,28+,33-,37?/m0/s1. The summed E-state index contributed by atoms with van der Waals surface area (Å²) >= 11 is 1.52. The molecule has 0 saturated carbocycles. The molecule has 18 heteroatoms. The molecule has 8 rings (SSSR count). The molecule has 2 aliphatic rings. The average molecular weight is 836 g/mol. The molecule has 2 fully saturated rings. The van der Waals surface area contributed by atoms with Gasteiger partial charge in [-0.25, -0.2) is 4.98 Å². The number of piperidine rings is 1. The molecule has 2 aliphatic heterocycles. The number of aromatic nitrogens is 7. The third-order valence-electron chi connectivity index (χ3n) is 11.5. The molecule has 2 saturated heterocycles. The van der Waals surface area contributed by atoms with Gasteiger partial charge in [-0.2, -0.15) is 5.10 Å². The van der Waals surface area contributed by atoms with E-state index in [1.165, 1.54) is 16.2 Å².